The van der Waals surface area contributed by atoms with Gasteiger partial charge in [0, 0.05) is 24.4 Å². The normalized spacial score (nSPS) is 15.6. The third kappa shape index (κ3) is 2.86. The Morgan fingerprint density at radius 1 is 1.27 bits per heavy atom. The van der Waals surface area contributed by atoms with Crippen LogP contribution >= 0.6 is 23.1 Å². The highest BCUT2D eigenvalue weighted by Crippen LogP contribution is 2.40. The van der Waals surface area contributed by atoms with Gasteiger partial charge in [-0.15, -0.1) is 11.3 Å². The van der Waals surface area contributed by atoms with Crippen LogP contribution in [0.5, 0.6) is 0 Å². The fourth-order valence-electron chi connectivity index (χ4n) is 2.89. The number of hydrogen-bond acceptors (Lipinski definition) is 5. The Hall–Kier alpha value is -1.14. The first kappa shape index (κ1) is 15.7. The molecule has 0 radical (unpaired) electrons. The third-order valence-electron chi connectivity index (χ3n) is 3.97. The third-order valence-corrected chi connectivity index (χ3v) is 6.23. The maximum absolute atomic E-state index is 12.2. The first-order chi connectivity index (χ1) is 10.5. The van der Waals surface area contributed by atoms with Gasteiger partial charge in [-0.1, -0.05) is 11.8 Å². The number of amides is 1. The monoisotopic (exact) mass is 335 g/mol. The Kier molecular flexibility index (Phi) is 4.41. The molecule has 1 amide bonds. The molecule has 0 fully saturated rings. The van der Waals surface area contributed by atoms with Gasteiger partial charge in [0.2, 0.25) is 5.91 Å². The maximum atomic E-state index is 12.2. The van der Waals surface area contributed by atoms with E-state index in [2.05, 4.69) is 9.97 Å². The van der Waals surface area contributed by atoms with E-state index in [0.29, 0.717) is 0 Å². The van der Waals surface area contributed by atoms with Gasteiger partial charge in [-0.25, -0.2) is 9.97 Å². The van der Waals surface area contributed by atoms with E-state index >= 15 is 0 Å². The van der Waals surface area contributed by atoms with Gasteiger partial charge in [-0.2, -0.15) is 0 Å². The second-order valence-corrected chi connectivity index (χ2v) is 8.37. The molecule has 118 valence electrons. The average molecular weight is 335 g/mol. The number of carbonyl (C=O) groups excluding carboxylic acids is 1. The van der Waals surface area contributed by atoms with Crippen LogP contribution < -0.4 is 0 Å². The van der Waals surface area contributed by atoms with Crippen molar-refractivity contribution in [1.29, 1.82) is 0 Å². The lowest BCUT2D eigenvalue weighted by Crippen LogP contribution is -2.29. The molecule has 2 aromatic rings. The number of aromatic nitrogens is 2. The quantitative estimate of drug-likeness (QED) is 0.637. The summed E-state index contributed by atoms with van der Waals surface area (Å²) >= 11 is 3.38. The summed E-state index contributed by atoms with van der Waals surface area (Å²) in [5, 5.41) is 2.05. The van der Waals surface area contributed by atoms with Crippen LogP contribution in [0.15, 0.2) is 5.03 Å². The smallest absolute Gasteiger partial charge is 0.235 e. The highest BCUT2D eigenvalue weighted by atomic mass is 32.2. The number of fused-ring (bicyclic) bond motifs is 3. The fraction of sp³-hybridized carbons (Fsp3) is 0.562. The Morgan fingerprint density at radius 2 is 2.00 bits per heavy atom. The Bertz CT molecular complexity index is 724. The number of thioether (sulfide) groups is 1. The van der Waals surface area contributed by atoms with Crippen molar-refractivity contribution in [3.05, 3.63) is 16.3 Å². The van der Waals surface area contributed by atoms with Crippen LogP contribution in [0.2, 0.25) is 0 Å². The highest BCUT2D eigenvalue weighted by Gasteiger charge is 2.24. The summed E-state index contributed by atoms with van der Waals surface area (Å²) in [6.07, 6.45) is 4.78. The zero-order valence-corrected chi connectivity index (χ0v) is 15.1. The van der Waals surface area contributed by atoms with Gasteiger partial charge in [-0.3, -0.25) is 4.79 Å². The summed E-state index contributed by atoms with van der Waals surface area (Å²) < 4.78 is 0. The summed E-state index contributed by atoms with van der Waals surface area (Å²) in [4.78, 5) is 25.6. The van der Waals surface area contributed by atoms with Gasteiger partial charge >= 0.3 is 0 Å². The summed E-state index contributed by atoms with van der Waals surface area (Å²) in [5.41, 5.74) is 1.43. The van der Waals surface area contributed by atoms with Crippen LogP contribution in [0.25, 0.3) is 10.2 Å². The predicted molar refractivity (Wildman–Crippen MR) is 92.8 cm³/mol. The van der Waals surface area contributed by atoms with Gasteiger partial charge < -0.3 is 4.90 Å². The molecule has 0 unspecified atom stereocenters. The van der Waals surface area contributed by atoms with Gasteiger partial charge in [0.1, 0.15) is 15.7 Å². The SMILES string of the molecule is Cc1nc(S[C@H](C)C(=O)N(C)C)c2c3c(sc2n1)CCCC3. The molecule has 22 heavy (non-hydrogen) atoms. The van der Waals surface area contributed by atoms with E-state index in [0.717, 1.165) is 28.5 Å². The molecule has 1 aliphatic carbocycles. The zero-order valence-electron chi connectivity index (χ0n) is 13.5. The zero-order chi connectivity index (χ0) is 15.9. The second kappa shape index (κ2) is 6.16. The lowest BCUT2D eigenvalue weighted by atomic mass is 9.97. The van der Waals surface area contributed by atoms with Crippen molar-refractivity contribution in [1.82, 2.24) is 14.9 Å². The first-order valence-corrected chi connectivity index (χ1v) is 9.33. The van der Waals surface area contributed by atoms with Crippen LogP contribution in [0.1, 0.15) is 36.0 Å². The first-order valence-electron chi connectivity index (χ1n) is 7.64. The highest BCUT2D eigenvalue weighted by molar-refractivity contribution is 8.00. The molecule has 0 spiro atoms. The van der Waals surface area contributed by atoms with Crippen LogP contribution in [-0.4, -0.2) is 40.1 Å². The van der Waals surface area contributed by atoms with E-state index in [1.807, 2.05) is 25.2 Å². The van der Waals surface area contributed by atoms with Gasteiger partial charge in [-0.05, 0) is 45.1 Å². The Labute approximate surface area is 139 Å². The number of thiophene rings is 1. The van der Waals surface area contributed by atoms with E-state index < -0.39 is 0 Å². The molecule has 1 aliphatic rings. The van der Waals surface area contributed by atoms with Crippen molar-refractivity contribution >= 4 is 39.2 Å². The number of carbonyl (C=O) groups is 1. The number of hydrogen-bond donors (Lipinski definition) is 0. The molecule has 6 heteroatoms. The van der Waals surface area contributed by atoms with Crippen LogP contribution in [-0.2, 0) is 17.6 Å². The molecule has 1 atom stereocenters. The minimum atomic E-state index is -0.133. The van der Waals surface area contributed by atoms with Crippen molar-refractivity contribution in [3.8, 4) is 0 Å². The van der Waals surface area contributed by atoms with E-state index in [-0.39, 0.29) is 11.2 Å². The molecular formula is C16H21N3OS2. The second-order valence-electron chi connectivity index (χ2n) is 5.96. The van der Waals surface area contributed by atoms with Crippen LogP contribution in [0.3, 0.4) is 0 Å². The van der Waals surface area contributed by atoms with Crippen molar-refractivity contribution < 1.29 is 4.79 Å². The van der Waals surface area contributed by atoms with Crippen LogP contribution in [0.4, 0.5) is 0 Å². The summed E-state index contributed by atoms with van der Waals surface area (Å²) in [5.74, 6) is 0.914. The number of aryl methyl sites for hydroxylation is 3. The molecule has 3 rings (SSSR count). The molecule has 2 heterocycles. The predicted octanol–water partition coefficient (Wildman–Crippen LogP) is 3.45. The largest absolute Gasteiger partial charge is 0.348 e. The van der Waals surface area contributed by atoms with Gasteiger partial charge in [0.05, 0.1) is 5.25 Å². The van der Waals surface area contributed by atoms with E-state index in [4.69, 9.17) is 0 Å². The Morgan fingerprint density at radius 3 is 2.73 bits per heavy atom. The van der Waals surface area contributed by atoms with Crippen molar-refractivity contribution in [2.75, 3.05) is 14.1 Å². The molecule has 0 aliphatic heterocycles. The maximum Gasteiger partial charge on any atom is 0.235 e. The average Bonchev–Trinajstić information content (AvgIpc) is 2.84. The van der Waals surface area contributed by atoms with Gasteiger partial charge in [0.25, 0.3) is 0 Å². The minimum Gasteiger partial charge on any atom is -0.348 e. The number of nitrogens with zero attached hydrogens (tertiary/aromatic N) is 3. The molecule has 0 aromatic carbocycles. The molecular weight excluding hydrogens is 314 g/mol. The number of rotatable bonds is 3. The molecule has 4 nitrogen and oxygen atoms in total. The molecule has 0 N–H and O–H groups in total. The molecule has 0 saturated heterocycles. The molecule has 0 saturated carbocycles. The lowest BCUT2D eigenvalue weighted by Gasteiger charge is -2.17. The standard InChI is InChI=1S/C16H21N3OS2/c1-9(16(20)19(3)4)21-14-13-11-7-5-6-8-12(11)22-15(13)18-10(2)17-14/h9H,5-8H2,1-4H3/t9-/m1/s1. The van der Waals surface area contributed by atoms with Gasteiger partial charge in [0.15, 0.2) is 0 Å². The summed E-state index contributed by atoms with van der Waals surface area (Å²) in [7, 11) is 3.60. The minimum absolute atomic E-state index is 0.124. The summed E-state index contributed by atoms with van der Waals surface area (Å²) in [6, 6.07) is 0. The van der Waals surface area contributed by atoms with Crippen molar-refractivity contribution in [2.24, 2.45) is 0 Å². The Balaban J connectivity index is 2.04. The van der Waals surface area contributed by atoms with E-state index in [1.54, 1.807) is 30.8 Å². The van der Waals surface area contributed by atoms with Crippen molar-refractivity contribution in [2.45, 2.75) is 49.8 Å². The lowest BCUT2D eigenvalue weighted by molar-refractivity contribution is -0.127. The summed E-state index contributed by atoms with van der Waals surface area (Å²) in [6.45, 7) is 3.88. The topological polar surface area (TPSA) is 46.1 Å². The fourth-order valence-corrected chi connectivity index (χ4v) is 5.43. The van der Waals surface area contributed by atoms with Crippen molar-refractivity contribution in [3.63, 3.8) is 0 Å². The molecule has 0 bridgehead atoms. The molecule has 2 aromatic heterocycles. The van der Waals surface area contributed by atoms with E-state index in [1.165, 1.54) is 28.7 Å². The van der Waals surface area contributed by atoms with Crippen LogP contribution in [0, 0.1) is 6.92 Å². The van der Waals surface area contributed by atoms with E-state index in [9.17, 15) is 4.79 Å².